The topological polar surface area (TPSA) is 20.3 Å². The van der Waals surface area contributed by atoms with Crippen LogP contribution in [0, 0.1) is 11.8 Å². The fourth-order valence-electron chi connectivity index (χ4n) is 2.72. The summed E-state index contributed by atoms with van der Waals surface area (Å²) in [5.41, 5.74) is 1.16. The molecule has 1 aromatic carbocycles. The Morgan fingerprint density at radius 1 is 1.35 bits per heavy atom. The number of halogens is 2. The van der Waals surface area contributed by atoms with Crippen LogP contribution in [-0.4, -0.2) is 21.2 Å². The second-order valence-corrected chi connectivity index (χ2v) is 7.59. The molecule has 2 nitrogen and oxygen atoms in total. The molecule has 108 valence electrons. The Labute approximate surface area is 130 Å². The number of alkyl halides is 2. The Bertz CT molecular complexity index is 498. The van der Waals surface area contributed by atoms with Crippen molar-refractivity contribution in [3.05, 3.63) is 35.9 Å². The van der Waals surface area contributed by atoms with Gasteiger partial charge in [-0.1, -0.05) is 30.3 Å². The minimum atomic E-state index is -0.838. The van der Waals surface area contributed by atoms with Gasteiger partial charge in [0.25, 0.3) is 0 Å². The van der Waals surface area contributed by atoms with Crippen LogP contribution in [0.1, 0.15) is 31.7 Å². The molecule has 0 radical (unpaired) electrons. The van der Waals surface area contributed by atoms with Crippen LogP contribution in [0.3, 0.4) is 0 Å². The molecule has 0 heterocycles. The van der Waals surface area contributed by atoms with Gasteiger partial charge in [-0.25, -0.2) is 0 Å². The first-order valence-corrected chi connectivity index (χ1v) is 7.97. The second-order valence-electron chi connectivity index (χ2n) is 6.05. The lowest BCUT2D eigenvalue weighted by Crippen LogP contribution is -2.41. The fourth-order valence-corrected chi connectivity index (χ4v) is 3.21. The monoisotopic (exact) mass is 311 g/mol. The zero-order chi connectivity index (χ0) is 14.3. The number of rotatable bonds is 5. The molecular weight excluding hydrogens is 293 g/mol. The van der Waals surface area contributed by atoms with Crippen LogP contribution in [-0.2, 0) is 11.3 Å². The summed E-state index contributed by atoms with van der Waals surface area (Å²) in [4.78, 5) is 14.6. The van der Waals surface area contributed by atoms with Gasteiger partial charge in [0.1, 0.15) is 4.33 Å². The molecule has 0 N–H and O–H groups in total. The number of hydrogen-bond donors (Lipinski definition) is 0. The number of hydrogen-bond acceptors (Lipinski definition) is 1. The summed E-state index contributed by atoms with van der Waals surface area (Å²) in [5, 5.41) is 0. The van der Waals surface area contributed by atoms with E-state index >= 15 is 0 Å². The molecule has 4 heteroatoms. The molecule has 0 bridgehead atoms. The van der Waals surface area contributed by atoms with Crippen LogP contribution in [0.15, 0.2) is 30.3 Å². The number of benzene rings is 1. The van der Waals surface area contributed by atoms with Gasteiger partial charge in [0.15, 0.2) is 0 Å². The van der Waals surface area contributed by atoms with Crippen molar-refractivity contribution >= 4 is 29.1 Å². The Morgan fingerprint density at radius 2 is 1.95 bits per heavy atom. The van der Waals surface area contributed by atoms with Crippen LogP contribution in [0.25, 0.3) is 0 Å². The highest BCUT2D eigenvalue weighted by Crippen LogP contribution is 2.54. The van der Waals surface area contributed by atoms with Crippen LogP contribution in [0.2, 0.25) is 0 Å². The molecule has 20 heavy (non-hydrogen) atoms. The highest BCUT2D eigenvalue weighted by molar-refractivity contribution is 6.52. The van der Waals surface area contributed by atoms with Crippen molar-refractivity contribution in [3.8, 4) is 0 Å². The Kier molecular flexibility index (Phi) is 3.72. The van der Waals surface area contributed by atoms with Gasteiger partial charge < -0.3 is 4.90 Å². The Balaban J connectivity index is 1.75. The van der Waals surface area contributed by atoms with E-state index < -0.39 is 4.33 Å². The van der Waals surface area contributed by atoms with Gasteiger partial charge in [-0.3, -0.25) is 4.79 Å². The molecular formula is C16H19Cl2NO. The third-order valence-electron chi connectivity index (χ3n) is 4.40. The summed E-state index contributed by atoms with van der Waals surface area (Å²) in [5.74, 6) is 0.524. The lowest BCUT2D eigenvalue weighted by atomic mass is 10.1. The minimum absolute atomic E-state index is 0.109. The maximum atomic E-state index is 12.7. The molecule has 2 atom stereocenters. The van der Waals surface area contributed by atoms with E-state index in [4.69, 9.17) is 23.2 Å². The van der Waals surface area contributed by atoms with Gasteiger partial charge >= 0.3 is 0 Å². The molecule has 2 aliphatic carbocycles. The number of carbonyl (C=O) groups is 1. The second kappa shape index (κ2) is 5.23. The van der Waals surface area contributed by atoms with Crippen molar-refractivity contribution in [2.75, 3.05) is 0 Å². The smallest absolute Gasteiger partial charge is 0.229 e. The van der Waals surface area contributed by atoms with Crippen molar-refractivity contribution in [3.63, 3.8) is 0 Å². The summed E-state index contributed by atoms with van der Waals surface area (Å²) in [6, 6.07) is 10.4. The Hall–Kier alpha value is -0.730. The van der Waals surface area contributed by atoms with E-state index in [1.54, 1.807) is 0 Å². The van der Waals surface area contributed by atoms with E-state index in [1.807, 2.05) is 23.1 Å². The number of nitrogens with zero attached hydrogens (tertiary/aromatic N) is 1. The number of carbonyl (C=O) groups excluding carboxylic acids is 1. The third kappa shape index (κ3) is 2.96. The van der Waals surface area contributed by atoms with E-state index in [1.165, 1.54) is 12.8 Å². The summed E-state index contributed by atoms with van der Waals surface area (Å²) < 4.78 is -0.838. The first-order chi connectivity index (χ1) is 9.49. The molecule has 2 saturated carbocycles. The fraction of sp³-hybridized carbons (Fsp3) is 0.562. The molecule has 0 aromatic heterocycles. The highest BCUT2D eigenvalue weighted by Gasteiger charge is 2.58. The molecule has 3 rings (SSSR count). The SMILES string of the molecule is CC(C1CC1)N(Cc1ccccc1)C(=O)C1CC1(Cl)Cl. The largest absolute Gasteiger partial charge is 0.335 e. The first kappa shape index (κ1) is 14.2. The maximum absolute atomic E-state index is 12.7. The lowest BCUT2D eigenvalue weighted by Gasteiger charge is -2.30. The summed E-state index contributed by atoms with van der Waals surface area (Å²) >= 11 is 12.1. The van der Waals surface area contributed by atoms with E-state index in [0.717, 1.165) is 5.56 Å². The van der Waals surface area contributed by atoms with E-state index in [-0.39, 0.29) is 17.9 Å². The molecule has 1 aromatic rings. The molecule has 2 unspecified atom stereocenters. The Morgan fingerprint density at radius 3 is 2.45 bits per heavy atom. The van der Waals surface area contributed by atoms with Crippen LogP contribution in [0.5, 0.6) is 0 Å². The van der Waals surface area contributed by atoms with E-state index in [0.29, 0.717) is 18.9 Å². The minimum Gasteiger partial charge on any atom is -0.335 e. The van der Waals surface area contributed by atoms with Crippen molar-refractivity contribution in [2.24, 2.45) is 11.8 Å². The summed E-state index contributed by atoms with van der Waals surface area (Å²) in [6.45, 7) is 2.79. The predicted octanol–water partition coefficient (Wildman–Crippen LogP) is 4.01. The van der Waals surface area contributed by atoms with Gasteiger partial charge in [0.2, 0.25) is 5.91 Å². The standard InChI is InChI=1S/C16H19Cl2NO/c1-11(13-7-8-13)19(10-12-5-3-2-4-6-12)15(20)14-9-16(14,17)18/h2-6,11,13-14H,7-10H2,1H3. The maximum Gasteiger partial charge on any atom is 0.229 e. The molecule has 2 aliphatic rings. The molecule has 0 spiro atoms. The molecule has 1 amide bonds. The summed E-state index contributed by atoms with van der Waals surface area (Å²) in [6.07, 6.45) is 3.02. The van der Waals surface area contributed by atoms with Crippen LogP contribution < -0.4 is 0 Å². The lowest BCUT2D eigenvalue weighted by molar-refractivity contribution is -0.135. The normalized spacial score (nSPS) is 25.1. The van der Waals surface area contributed by atoms with Crippen molar-refractivity contribution in [1.29, 1.82) is 0 Å². The van der Waals surface area contributed by atoms with Gasteiger partial charge in [-0.05, 0) is 37.7 Å². The van der Waals surface area contributed by atoms with Crippen molar-refractivity contribution in [2.45, 2.75) is 43.1 Å². The molecule has 0 saturated heterocycles. The van der Waals surface area contributed by atoms with Crippen LogP contribution >= 0.6 is 23.2 Å². The van der Waals surface area contributed by atoms with Crippen molar-refractivity contribution < 1.29 is 4.79 Å². The van der Waals surface area contributed by atoms with E-state index in [2.05, 4.69) is 19.1 Å². The average molecular weight is 312 g/mol. The highest BCUT2D eigenvalue weighted by atomic mass is 35.5. The molecule has 0 aliphatic heterocycles. The molecule has 2 fully saturated rings. The number of amides is 1. The van der Waals surface area contributed by atoms with Crippen molar-refractivity contribution in [1.82, 2.24) is 4.90 Å². The predicted molar refractivity (Wildman–Crippen MR) is 81.7 cm³/mol. The van der Waals surface area contributed by atoms with E-state index in [9.17, 15) is 4.79 Å². The van der Waals surface area contributed by atoms with Gasteiger partial charge in [-0.2, -0.15) is 0 Å². The first-order valence-electron chi connectivity index (χ1n) is 7.21. The van der Waals surface area contributed by atoms with Gasteiger partial charge in [0, 0.05) is 12.6 Å². The summed E-state index contributed by atoms with van der Waals surface area (Å²) in [7, 11) is 0. The third-order valence-corrected chi connectivity index (χ3v) is 5.23. The van der Waals surface area contributed by atoms with Gasteiger partial charge in [-0.15, -0.1) is 23.2 Å². The zero-order valence-corrected chi connectivity index (χ0v) is 13.1. The van der Waals surface area contributed by atoms with Crippen LogP contribution in [0.4, 0.5) is 0 Å². The van der Waals surface area contributed by atoms with Gasteiger partial charge in [0.05, 0.1) is 5.92 Å². The average Bonchev–Trinajstić information content (AvgIpc) is 3.32. The zero-order valence-electron chi connectivity index (χ0n) is 11.6. The quantitative estimate of drug-likeness (QED) is 0.752.